The molecule has 0 aliphatic rings. The van der Waals surface area contributed by atoms with Crippen molar-refractivity contribution in [1.29, 1.82) is 0 Å². The lowest BCUT2D eigenvalue weighted by Gasteiger charge is -1.99. The van der Waals surface area contributed by atoms with Gasteiger partial charge in [0.2, 0.25) is 5.13 Å². The van der Waals surface area contributed by atoms with Gasteiger partial charge in [-0.15, -0.1) is 10.2 Å². The van der Waals surface area contributed by atoms with Crippen LogP contribution in [0.25, 0.3) is 10.6 Å². The predicted octanol–water partition coefficient (Wildman–Crippen LogP) is 4.23. The number of hydrogen-bond donors (Lipinski definition) is 1. The highest BCUT2D eigenvalue weighted by Gasteiger charge is 2.09. The highest BCUT2D eigenvalue weighted by atomic mass is 32.1. The molecule has 0 saturated heterocycles. The average Bonchev–Trinajstić information content (AvgIpc) is 2.91. The van der Waals surface area contributed by atoms with E-state index in [2.05, 4.69) is 15.5 Å². The predicted molar refractivity (Wildman–Crippen MR) is 75.0 cm³/mol. The molecule has 100 valence electrons. The van der Waals surface area contributed by atoms with Gasteiger partial charge in [0, 0.05) is 11.3 Å². The first-order valence-electron chi connectivity index (χ1n) is 5.83. The molecule has 2 aromatic carbocycles. The first-order valence-corrected chi connectivity index (χ1v) is 6.65. The second-order valence-corrected chi connectivity index (χ2v) is 5.01. The Morgan fingerprint density at radius 1 is 0.900 bits per heavy atom. The van der Waals surface area contributed by atoms with Crippen LogP contribution in [0.1, 0.15) is 0 Å². The van der Waals surface area contributed by atoms with Crippen molar-refractivity contribution >= 4 is 22.2 Å². The molecule has 0 spiro atoms. The van der Waals surface area contributed by atoms with Crippen LogP contribution in [0.5, 0.6) is 0 Å². The second kappa shape index (κ2) is 5.34. The van der Waals surface area contributed by atoms with Crippen LogP contribution in [0.3, 0.4) is 0 Å². The molecular weight excluding hydrogens is 280 g/mol. The number of anilines is 2. The van der Waals surface area contributed by atoms with E-state index in [0.717, 1.165) is 17.8 Å². The van der Waals surface area contributed by atoms with E-state index < -0.39 is 11.6 Å². The van der Waals surface area contributed by atoms with Crippen LogP contribution >= 0.6 is 11.3 Å². The summed E-state index contributed by atoms with van der Waals surface area (Å²) in [5.74, 6) is -1.77. The van der Waals surface area contributed by atoms with Crippen molar-refractivity contribution in [1.82, 2.24) is 10.2 Å². The van der Waals surface area contributed by atoms with Crippen LogP contribution in [0.15, 0.2) is 48.5 Å². The number of hydrogen-bond acceptors (Lipinski definition) is 4. The molecule has 6 heteroatoms. The van der Waals surface area contributed by atoms with Crippen molar-refractivity contribution in [3.05, 3.63) is 60.2 Å². The Bertz CT molecular complexity index is 728. The first-order chi connectivity index (χ1) is 9.72. The van der Waals surface area contributed by atoms with E-state index in [9.17, 15) is 8.78 Å². The van der Waals surface area contributed by atoms with E-state index in [4.69, 9.17) is 0 Å². The molecule has 0 amide bonds. The molecule has 1 heterocycles. The SMILES string of the molecule is Fc1ccc(-c2nnc(Nc3ccccc3)s2)cc1F. The third-order valence-electron chi connectivity index (χ3n) is 2.62. The van der Waals surface area contributed by atoms with Crippen LogP contribution in [0.4, 0.5) is 19.6 Å². The summed E-state index contributed by atoms with van der Waals surface area (Å²) in [6.07, 6.45) is 0. The summed E-state index contributed by atoms with van der Waals surface area (Å²) in [7, 11) is 0. The lowest BCUT2D eigenvalue weighted by atomic mass is 10.2. The van der Waals surface area contributed by atoms with Gasteiger partial charge < -0.3 is 5.32 Å². The second-order valence-electron chi connectivity index (χ2n) is 4.03. The number of nitrogens with one attached hydrogen (secondary N) is 1. The van der Waals surface area contributed by atoms with Gasteiger partial charge in [-0.3, -0.25) is 0 Å². The Balaban J connectivity index is 1.84. The van der Waals surface area contributed by atoms with Crippen molar-refractivity contribution in [2.24, 2.45) is 0 Å². The molecule has 0 aliphatic heterocycles. The number of nitrogens with zero attached hydrogens (tertiary/aromatic N) is 2. The number of aromatic nitrogens is 2. The fourth-order valence-electron chi connectivity index (χ4n) is 1.66. The van der Waals surface area contributed by atoms with Gasteiger partial charge in [0.1, 0.15) is 5.01 Å². The topological polar surface area (TPSA) is 37.8 Å². The zero-order chi connectivity index (χ0) is 13.9. The molecule has 0 atom stereocenters. The molecule has 0 bridgehead atoms. The maximum atomic E-state index is 13.2. The molecule has 1 N–H and O–H groups in total. The van der Waals surface area contributed by atoms with Crippen LogP contribution < -0.4 is 5.32 Å². The molecule has 3 aromatic rings. The fraction of sp³-hybridized carbons (Fsp3) is 0. The molecule has 0 unspecified atom stereocenters. The van der Waals surface area contributed by atoms with Crippen molar-refractivity contribution < 1.29 is 8.78 Å². The summed E-state index contributed by atoms with van der Waals surface area (Å²) in [6.45, 7) is 0. The third-order valence-corrected chi connectivity index (χ3v) is 3.50. The third kappa shape index (κ3) is 2.65. The summed E-state index contributed by atoms with van der Waals surface area (Å²) in [6, 6.07) is 13.2. The van der Waals surface area contributed by atoms with Gasteiger partial charge in [-0.2, -0.15) is 0 Å². The Morgan fingerprint density at radius 3 is 2.45 bits per heavy atom. The van der Waals surface area contributed by atoms with Crippen LogP contribution in [0, 0.1) is 11.6 Å². The van der Waals surface area contributed by atoms with E-state index in [-0.39, 0.29) is 0 Å². The Hall–Kier alpha value is -2.34. The lowest BCUT2D eigenvalue weighted by molar-refractivity contribution is 0.509. The minimum Gasteiger partial charge on any atom is -0.330 e. The summed E-state index contributed by atoms with van der Waals surface area (Å²) < 4.78 is 26.1. The maximum absolute atomic E-state index is 13.2. The van der Waals surface area contributed by atoms with Crippen molar-refractivity contribution in [2.45, 2.75) is 0 Å². The van der Waals surface area contributed by atoms with E-state index in [1.54, 1.807) is 0 Å². The normalized spacial score (nSPS) is 10.5. The Kier molecular flexibility index (Phi) is 3.39. The highest BCUT2D eigenvalue weighted by Crippen LogP contribution is 2.28. The quantitative estimate of drug-likeness (QED) is 0.784. The number of benzene rings is 2. The Labute approximate surface area is 117 Å². The number of para-hydroxylation sites is 1. The van der Waals surface area contributed by atoms with Gasteiger partial charge >= 0.3 is 0 Å². The van der Waals surface area contributed by atoms with E-state index in [0.29, 0.717) is 15.7 Å². The first kappa shape index (κ1) is 12.7. The summed E-state index contributed by atoms with van der Waals surface area (Å²) in [4.78, 5) is 0. The average molecular weight is 289 g/mol. The van der Waals surface area contributed by atoms with Gasteiger partial charge in [0.25, 0.3) is 0 Å². The zero-order valence-corrected chi connectivity index (χ0v) is 11.0. The molecule has 0 saturated carbocycles. The molecule has 0 aliphatic carbocycles. The highest BCUT2D eigenvalue weighted by molar-refractivity contribution is 7.18. The van der Waals surface area contributed by atoms with Crippen LogP contribution in [-0.4, -0.2) is 10.2 Å². The monoisotopic (exact) mass is 289 g/mol. The fourth-order valence-corrected chi connectivity index (χ4v) is 2.42. The molecule has 0 fully saturated rings. The van der Waals surface area contributed by atoms with Gasteiger partial charge in [-0.05, 0) is 30.3 Å². The Morgan fingerprint density at radius 2 is 1.70 bits per heavy atom. The standard InChI is InChI=1S/C14H9F2N3S/c15-11-7-6-9(8-12(11)16)13-18-19-14(20-13)17-10-4-2-1-3-5-10/h1-8H,(H,17,19). The van der Waals surface area contributed by atoms with E-state index in [1.807, 2.05) is 30.3 Å². The molecule has 0 radical (unpaired) electrons. The molecule has 3 nitrogen and oxygen atoms in total. The van der Waals surface area contributed by atoms with E-state index >= 15 is 0 Å². The number of halogens is 2. The smallest absolute Gasteiger partial charge is 0.210 e. The minimum absolute atomic E-state index is 0.502. The molecule has 1 aromatic heterocycles. The largest absolute Gasteiger partial charge is 0.330 e. The zero-order valence-electron chi connectivity index (χ0n) is 10.2. The van der Waals surface area contributed by atoms with Crippen molar-refractivity contribution in [2.75, 3.05) is 5.32 Å². The van der Waals surface area contributed by atoms with Gasteiger partial charge in [0.05, 0.1) is 0 Å². The minimum atomic E-state index is -0.893. The molecular formula is C14H9F2N3S. The lowest BCUT2D eigenvalue weighted by Crippen LogP contribution is -1.87. The maximum Gasteiger partial charge on any atom is 0.210 e. The van der Waals surface area contributed by atoms with Gasteiger partial charge in [-0.25, -0.2) is 8.78 Å². The van der Waals surface area contributed by atoms with Crippen LogP contribution in [-0.2, 0) is 0 Å². The molecule has 3 rings (SSSR count). The van der Waals surface area contributed by atoms with Crippen molar-refractivity contribution in [3.8, 4) is 10.6 Å². The van der Waals surface area contributed by atoms with Gasteiger partial charge in [0.15, 0.2) is 11.6 Å². The summed E-state index contributed by atoms with van der Waals surface area (Å²) in [5, 5.41) is 12.2. The summed E-state index contributed by atoms with van der Waals surface area (Å²) >= 11 is 1.27. The van der Waals surface area contributed by atoms with Crippen molar-refractivity contribution in [3.63, 3.8) is 0 Å². The molecule has 20 heavy (non-hydrogen) atoms. The van der Waals surface area contributed by atoms with E-state index in [1.165, 1.54) is 17.4 Å². The number of rotatable bonds is 3. The van der Waals surface area contributed by atoms with Crippen LogP contribution in [0.2, 0.25) is 0 Å². The summed E-state index contributed by atoms with van der Waals surface area (Å²) in [5.41, 5.74) is 1.39. The van der Waals surface area contributed by atoms with Gasteiger partial charge in [-0.1, -0.05) is 29.5 Å².